The molecule has 0 aliphatic carbocycles. The normalized spacial score (nSPS) is 23.9. The maximum Gasteiger partial charge on any atom is 0.189 e. The Labute approximate surface area is 228 Å². The summed E-state index contributed by atoms with van der Waals surface area (Å²) in [4.78, 5) is 3.95. The molecule has 6 rings (SSSR count). The van der Waals surface area contributed by atoms with Gasteiger partial charge in [0.15, 0.2) is 22.7 Å². The number of thiophene rings is 1. The van der Waals surface area contributed by atoms with Crippen LogP contribution in [0.3, 0.4) is 0 Å². The number of halogens is 4. The number of hydrogen-bond acceptors (Lipinski definition) is 5. The summed E-state index contributed by atoms with van der Waals surface area (Å²) in [5.74, 6) is 2.24. The van der Waals surface area contributed by atoms with Crippen LogP contribution in [0.25, 0.3) is 26.6 Å². The first kappa shape index (κ1) is 22.5. The number of ether oxygens (including phenoxy) is 1. The van der Waals surface area contributed by atoms with Gasteiger partial charge in [-0.05, 0) is 83.9 Å². The molecule has 2 atom stereocenters. The molecule has 166 valence electrons. The second-order valence-electron chi connectivity index (χ2n) is 8.64. The number of rotatable bonds is 2. The van der Waals surface area contributed by atoms with Crippen molar-refractivity contribution in [1.29, 1.82) is 0 Å². The minimum atomic E-state index is -1.92. The lowest BCUT2D eigenvalue weighted by Crippen LogP contribution is -2.40. The predicted molar refractivity (Wildman–Crippen MR) is 152 cm³/mol. The highest BCUT2D eigenvalue weighted by Crippen LogP contribution is 2.54. The van der Waals surface area contributed by atoms with E-state index in [4.69, 9.17) is 13.6 Å². The summed E-state index contributed by atoms with van der Waals surface area (Å²) in [5, 5.41) is 2.96. The van der Waals surface area contributed by atoms with Crippen molar-refractivity contribution in [2.75, 3.05) is 0 Å². The third-order valence-electron chi connectivity index (χ3n) is 6.15. The molecule has 0 bridgehead atoms. The summed E-state index contributed by atoms with van der Waals surface area (Å²) in [7, 11) is -1.92. The van der Waals surface area contributed by atoms with Gasteiger partial charge in [0.25, 0.3) is 0 Å². The van der Waals surface area contributed by atoms with Gasteiger partial charge in [0.1, 0.15) is 28.9 Å². The zero-order valence-electron chi connectivity index (χ0n) is 17.4. The number of fused-ring (bicyclic) bond motifs is 3. The lowest BCUT2D eigenvalue weighted by atomic mass is 10.2. The lowest BCUT2D eigenvalue weighted by molar-refractivity contribution is 0.236. The number of thioether (sulfide) groups is 1. The molecule has 3 aromatic rings. The van der Waals surface area contributed by atoms with Crippen LogP contribution in [0, 0.1) is 6.92 Å². The Balaban J connectivity index is 1.47. The average Bonchev–Trinajstić information content (AvgIpc) is 3.51. The molecule has 3 aliphatic heterocycles. The first-order valence-corrected chi connectivity index (χ1v) is 17.8. The highest BCUT2D eigenvalue weighted by molar-refractivity contribution is 9.15. The quantitative estimate of drug-likeness (QED) is 0.246. The molecule has 2 unspecified atom stereocenters. The molecular weight excluding hydrogens is 724 g/mol. The van der Waals surface area contributed by atoms with Crippen LogP contribution in [0.2, 0.25) is 13.1 Å². The third-order valence-corrected chi connectivity index (χ3v) is 16.1. The molecule has 10 heteroatoms. The third kappa shape index (κ3) is 2.99. The van der Waals surface area contributed by atoms with Gasteiger partial charge in [0.05, 0.1) is 9.73 Å². The SMILES string of the molecule is CC1=CC2OC(c3oc4c(Br)c(C5=C(Br)c6sc(C)cc6[Si]5(C)C)oc4c3Br)=C(Br)C2S1. The van der Waals surface area contributed by atoms with E-state index in [1.807, 2.05) is 23.1 Å². The van der Waals surface area contributed by atoms with Crippen molar-refractivity contribution in [2.24, 2.45) is 0 Å². The van der Waals surface area contributed by atoms with E-state index in [2.05, 4.69) is 103 Å². The van der Waals surface area contributed by atoms with Crippen molar-refractivity contribution in [3.05, 3.63) is 51.8 Å². The van der Waals surface area contributed by atoms with Gasteiger partial charge in [0, 0.05) is 19.4 Å². The minimum Gasteiger partial charge on any atom is -0.480 e. The summed E-state index contributed by atoms with van der Waals surface area (Å²) in [6.07, 6.45) is 2.19. The molecule has 0 radical (unpaired) electrons. The van der Waals surface area contributed by atoms with Crippen LogP contribution in [0.5, 0.6) is 0 Å². The molecule has 0 saturated heterocycles. The van der Waals surface area contributed by atoms with E-state index in [0.717, 1.165) is 29.4 Å². The van der Waals surface area contributed by atoms with Crippen LogP contribution in [-0.4, -0.2) is 19.4 Å². The number of allylic oxidation sites excluding steroid dienone is 1. The van der Waals surface area contributed by atoms with Crippen molar-refractivity contribution in [2.45, 2.75) is 38.3 Å². The Kier molecular flexibility index (Phi) is 5.28. The van der Waals surface area contributed by atoms with Crippen molar-refractivity contribution in [3.8, 4) is 0 Å². The summed E-state index contributed by atoms with van der Waals surface area (Å²) in [6.45, 7) is 9.03. The molecule has 0 aromatic carbocycles. The predicted octanol–water partition coefficient (Wildman–Crippen LogP) is 9.13. The van der Waals surface area contributed by atoms with Crippen LogP contribution in [0.4, 0.5) is 0 Å². The molecule has 0 amide bonds. The van der Waals surface area contributed by atoms with Crippen molar-refractivity contribution in [1.82, 2.24) is 0 Å². The Hall–Kier alpha value is 0.0269. The van der Waals surface area contributed by atoms with Crippen molar-refractivity contribution in [3.63, 3.8) is 0 Å². The lowest BCUT2D eigenvalue weighted by Gasteiger charge is -2.20. The largest absolute Gasteiger partial charge is 0.480 e. The summed E-state index contributed by atoms with van der Waals surface area (Å²) >= 11 is 18.8. The zero-order valence-corrected chi connectivity index (χ0v) is 26.3. The van der Waals surface area contributed by atoms with Crippen LogP contribution in [0.15, 0.2) is 39.3 Å². The molecule has 0 saturated carbocycles. The minimum absolute atomic E-state index is 0.0283. The van der Waals surface area contributed by atoms with E-state index < -0.39 is 8.07 Å². The molecule has 3 nitrogen and oxygen atoms in total. The van der Waals surface area contributed by atoms with Gasteiger partial charge in [-0.3, -0.25) is 0 Å². The second-order valence-corrected chi connectivity index (χ2v) is 18.8. The van der Waals surface area contributed by atoms with Gasteiger partial charge >= 0.3 is 0 Å². The first-order chi connectivity index (χ1) is 15.1. The van der Waals surface area contributed by atoms with Gasteiger partial charge in [-0.15, -0.1) is 23.1 Å². The zero-order chi connectivity index (χ0) is 22.7. The van der Waals surface area contributed by atoms with E-state index in [9.17, 15) is 0 Å². The fourth-order valence-electron chi connectivity index (χ4n) is 4.64. The van der Waals surface area contributed by atoms with Crippen molar-refractivity contribution < 1.29 is 13.6 Å². The molecule has 6 heterocycles. The number of hydrogen-bond donors (Lipinski definition) is 0. The van der Waals surface area contributed by atoms with Crippen molar-refractivity contribution >= 4 is 127 Å². The fourth-order valence-corrected chi connectivity index (χ4v) is 15.0. The van der Waals surface area contributed by atoms with E-state index in [1.54, 1.807) is 0 Å². The fraction of sp³-hybridized carbons (Fsp3) is 0.273. The molecule has 0 spiro atoms. The number of furan rings is 2. The second kappa shape index (κ2) is 7.51. The van der Waals surface area contributed by atoms with Gasteiger partial charge in [-0.2, -0.15) is 0 Å². The topological polar surface area (TPSA) is 35.5 Å². The van der Waals surface area contributed by atoms with Crippen LogP contribution < -0.4 is 5.19 Å². The van der Waals surface area contributed by atoms with Gasteiger partial charge in [-0.1, -0.05) is 29.0 Å². The summed E-state index contributed by atoms with van der Waals surface area (Å²) in [6, 6.07) is 2.34. The molecule has 0 fully saturated rings. The monoisotopic (exact) mass is 736 g/mol. The summed E-state index contributed by atoms with van der Waals surface area (Å²) in [5.41, 5.74) is 1.39. The van der Waals surface area contributed by atoms with Gasteiger partial charge < -0.3 is 13.6 Å². The summed E-state index contributed by atoms with van der Waals surface area (Å²) < 4.78 is 22.9. The molecule has 3 aromatic heterocycles. The van der Waals surface area contributed by atoms with E-state index >= 15 is 0 Å². The average molecular weight is 740 g/mol. The first-order valence-electron chi connectivity index (χ1n) is 9.93. The standard InChI is InChI=1S/C22H16Br4O3S2Si/c1-7-5-9-20(30-7)13(25)18(27-9)16-11(23)15-17(28-16)12(24)19(29-15)22-14(26)21-10(32(22,3)4)6-8(2)31-21/h5-6,9,20H,1-4H3. The highest BCUT2D eigenvalue weighted by Gasteiger charge is 2.45. The number of aryl methyl sites for hydroxylation is 1. The van der Waals surface area contributed by atoms with E-state index in [0.29, 0.717) is 16.9 Å². The van der Waals surface area contributed by atoms with Crippen LogP contribution in [-0.2, 0) is 4.74 Å². The van der Waals surface area contributed by atoms with E-state index in [-0.39, 0.29) is 11.4 Å². The molecule has 32 heavy (non-hydrogen) atoms. The smallest absolute Gasteiger partial charge is 0.189 e. The van der Waals surface area contributed by atoms with Crippen LogP contribution in [0.1, 0.15) is 28.2 Å². The van der Waals surface area contributed by atoms with Gasteiger partial charge in [0.2, 0.25) is 0 Å². The molecule has 0 N–H and O–H groups in total. The molecular formula is C22H16Br4O3S2Si. The molecule has 3 aliphatic rings. The Morgan fingerprint density at radius 2 is 1.62 bits per heavy atom. The maximum atomic E-state index is 6.49. The van der Waals surface area contributed by atoms with Gasteiger partial charge in [-0.25, -0.2) is 0 Å². The Bertz CT molecular complexity index is 1440. The highest BCUT2D eigenvalue weighted by atomic mass is 79.9. The Morgan fingerprint density at radius 1 is 0.969 bits per heavy atom. The van der Waals surface area contributed by atoms with E-state index in [1.165, 1.54) is 25.0 Å². The van der Waals surface area contributed by atoms with Crippen LogP contribution >= 0.6 is 86.8 Å². The Morgan fingerprint density at radius 3 is 2.28 bits per heavy atom. The maximum absolute atomic E-state index is 6.49.